The zero-order valence-electron chi connectivity index (χ0n) is 12.1. The number of carbonyl (C=O) groups excluding carboxylic acids is 1. The highest BCUT2D eigenvalue weighted by atomic mass is 16.2. The van der Waals surface area contributed by atoms with Crippen LogP contribution in [0.25, 0.3) is 0 Å². The lowest BCUT2D eigenvalue weighted by atomic mass is 9.99. The molecule has 0 aliphatic carbocycles. The van der Waals surface area contributed by atoms with Gasteiger partial charge in [-0.3, -0.25) is 9.69 Å². The Morgan fingerprint density at radius 2 is 2.16 bits per heavy atom. The number of hydrogen-bond acceptors (Lipinski definition) is 2. The number of amides is 1. The molecule has 0 radical (unpaired) electrons. The van der Waals surface area contributed by atoms with Crippen molar-refractivity contribution in [3.8, 4) is 0 Å². The van der Waals surface area contributed by atoms with Crippen LogP contribution in [0.3, 0.4) is 0 Å². The van der Waals surface area contributed by atoms with Gasteiger partial charge in [0.05, 0.1) is 6.04 Å². The minimum atomic E-state index is -0.0534. The van der Waals surface area contributed by atoms with Crippen LogP contribution < -0.4 is 5.32 Å². The van der Waals surface area contributed by atoms with Gasteiger partial charge in [0.1, 0.15) is 0 Å². The SMILES string of the molecule is Cc1ccccc1NC(=O)C(C)N1CCCC(C)C1. The monoisotopic (exact) mass is 260 g/mol. The fourth-order valence-electron chi connectivity index (χ4n) is 2.69. The molecule has 1 amide bonds. The van der Waals surface area contributed by atoms with Crippen molar-refractivity contribution < 1.29 is 4.79 Å². The molecule has 19 heavy (non-hydrogen) atoms. The van der Waals surface area contributed by atoms with Crippen LogP contribution in [0.1, 0.15) is 32.3 Å². The highest BCUT2D eigenvalue weighted by Crippen LogP contribution is 2.19. The predicted octanol–water partition coefficient (Wildman–Crippen LogP) is 3.05. The van der Waals surface area contributed by atoms with Gasteiger partial charge in [0, 0.05) is 12.2 Å². The van der Waals surface area contributed by atoms with E-state index in [0.29, 0.717) is 5.92 Å². The van der Waals surface area contributed by atoms with E-state index in [0.717, 1.165) is 24.3 Å². The maximum atomic E-state index is 12.3. The van der Waals surface area contributed by atoms with E-state index in [2.05, 4.69) is 17.1 Å². The highest BCUT2D eigenvalue weighted by molar-refractivity contribution is 5.95. The normalized spacial score (nSPS) is 21.9. The van der Waals surface area contributed by atoms with Gasteiger partial charge in [-0.2, -0.15) is 0 Å². The Labute approximate surface area is 116 Å². The first-order valence-electron chi connectivity index (χ1n) is 7.18. The molecule has 2 unspecified atom stereocenters. The predicted molar refractivity (Wildman–Crippen MR) is 79.2 cm³/mol. The van der Waals surface area contributed by atoms with Crippen LogP contribution in [0.15, 0.2) is 24.3 Å². The Balaban J connectivity index is 1.97. The number of benzene rings is 1. The number of nitrogens with one attached hydrogen (secondary N) is 1. The Hall–Kier alpha value is -1.35. The summed E-state index contributed by atoms with van der Waals surface area (Å²) in [6.07, 6.45) is 2.48. The maximum Gasteiger partial charge on any atom is 0.241 e. The van der Waals surface area contributed by atoms with Gasteiger partial charge in [-0.25, -0.2) is 0 Å². The lowest BCUT2D eigenvalue weighted by molar-refractivity contribution is -0.121. The van der Waals surface area contributed by atoms with Crippen molar-refractivity contribution in [3.63, 3.8) is 0 Å². The zero-order valence-corrected chi connectivity index (χ0v) is 12.1. The van der Waals surface area contributed by atoms with Crippen molar-refractivity contribution in [2.45, 2.75) is 39.7 Å². The Morgan fingerprint density at radius 3 is 2.84 bits per heavy atom. The summed E-state index contributed by atoms with van der Waals surface area (Å²) >= 11 is 0. The third kappa shape index (κ3) is 3.57. The first kappa shape index (κ1) is 14.1. The third-order valence-corrected chi connectivity index (χ3v) is 4.02. The molecule has 1 aromatic carbocycles. The molecular formula is C16H24N2O. The Bertz CT molecular complexity index is 444. The van der Waals surface area contributed by atoms with Gasteiger partial charge in [-0.15, -0.1) is 0 Å². The molecule has 3 nitrogen and oxygen atoms in total. The molecule has 0 aromatic heterocycles. The molecular weight excluding hydrogens is 236 g/mol. The van der Waals surface area contributed by atoms with Crippen LogP contribution in [0.4, 0.5) is 5.69 Å². The number of aryl methyl sites for hydroxylation is 1. The quantitative estimate of drug-likeness (QED) is 0.906. The summed E-state index contributed by atoms with van der Waals surface area (Å²) in [7, 11) is 0. The minimum absolute atomic E-state index is 0.0534. The number of likely N-dealkylation sites (tertiary alicyclic amines) is 1. The molecule has 1 aromatic rings. The highest BCUT2D eigenvalue weighted by Gasteiger charge is 2.25. The second kappa shape index (κ2) is 6.20. The molecule has 3 heteroatoms. The number of hydrogen-bond donors (Lipinski definition) is 1. The molecule has 2 rings (SSSR count). The molecule has 0 spiro atoms. The molecule has 2 atom stereocenters. The second-order valence-corrected chi connectivity index (χ2v) is 5.72. The van der Waals surface area contributed by atoms with Gasteiger partial charge in [-0.05, 0) is 50.8 Å². The fraction of sp³-hybridized carbons (Fsp3) is 0.562. The molecule has 1 aliphatic rings. The second-order valence-electron chi connectivity index (χ2n) is 5.72. The van der Waals surface area contributed by atoms with Gasteiger partial charge in [0.2, 0.25) is 5.91 Å². The molecule has 0 saturated carbocycles. The van der Waals surface area contributed by atoms with Gasteiger partial charge >= 0.3 is 0 Å². The molecule has 104 valence electrons. The van der Waals surface area contributed by atoms with Crippen LogP contribution >= 0.6 is 0 Å². The van der Waals surface area contributed by atoms with Crippen molar-refractivity contribution >= 4 is 11.6 Å². The maximum absolute atomic E-state index is 12.3. The van der Waals surface area contributed by atoms with E-state index in [1.165, 1.54) is 12.8 Å². The van der Waals surface area contributed by atoms with Crippen LogP contribution in [0.2, 0.25) is 0 Å². The van der Waals surface area contributed by atoms with E-state index in [1.54, 1.807) is 0 Å². The van der Waals surface area contributed by atoms with E-state index in [1.807, 2.05) is 38.1 Å². The summed E-state index contributed by atoms with van der Waals surface area (Å²) in [5.74, 6) is 0.797. The molecule has 0 bridgehead atoms. The van der Waals surface area contributed by atoms with E-state index in [-0.39, 0.29) is 11.9 Å². The van der Waals surface area contributed by atoms with Crippen molar-refractivity contribution in [2.24, 2.45) is 5.92 Å². The smallest absolute Gasteiger partial charge is 0.241 e. The third-order valence-electron chi connectivity index (χ3n) is 4.02. The number of carbonyl (C=O) groups is 1. The standard InChI is InChI=1S/C16H24N2O/c1-12-7-6-10-18(11-12)14(3)16(19)17-15-9-5-4-8-13(15)2/h4-5,8-9,12,14H,6-7,10-11H2,1-3H3,(H,17,19). The first-order chi connectivity index (χ1) is 9.08. The molecule has 1 aliphatic heterocycles. The summed E-state index contributed by atoms with van der Waals surface area (Å²) in [5, 5.41) is 3.04. The van der Waals surface area contributed by atoms with Crippen molar-refractivity contribution in [3.05, 3.63) is 29.8 Å². The lowest BCUT2D eigenvalue weighted by Gasteiger charge is -2.34. The molecule has 1 heterocycles. The van der Waals surface area contributed by atoms with Crippen LogP contribution in [0, 0.1) is 12.8 Å². The van der Waals surface area contributed by atoms with E-state index < -0.39 is 0 Å². The summed E-state index contributed by atoms with van der Waals surface area (Å²) in [4.78, 5) is 14.6. The number of nitrogens with zero attached hydrogens (tertiary/aromatic N) is 1. The number of rotatable bonds is 3. The van der Waals surface area contributed by atoms with Gasteiger partial charge in [0.25, 0.3) is 0 Å². The number of para-hydroxylation sites is 1. The summed E-state index contributed by atoms with van der Waals surface area (Å²) < 4.78 is 0. The Kier molecular flexibility index (Phi) is 4.59. The fourth-order valence-corrected chi connectivity index (χ4v) is 2.69. The van der Waals surface area contributed by atoms with E-state index >= 15 is 0 Å². The molecule has 1 saturated heterocycles. The first-order valence-corrected chi connectivity index (χ1v) is 7.18. The van der Waals surface area contributed by atoms with Crippen LogP contribution in [-0.4, -0.2) is 29.9 Å². The van der Waals surface area contributed by atoms with Gasteiger partial charge in [-0.1, -0.05) is 25.1 Å². The average molecular weight is 260 g/mol. The van der Waals surface area contributed by atoms with E-state index in [9.17, 15) is 4.79 Å². The van der Waals surface area contributed by atoms with Crippen molar-refractivity contribution in [1.82, 2.24) is 4.90 Å². The summed E-state index contributed by atoms with van der Waals surface area (Å²) in [5.41, 5.74) is 2.03. The number of piperidine rings is 1. The zero-order chi connectivity index (χ0) is 13.8. The van der Waals surface area contributed by atoms with Crippen LogP contribution in [0.5, 0.6) is 0 Å². The van der Waals surface area contributed by atoms with Crippen LogP contribution in [-0.2, 0) is 4.79 Å². The average Bonchev–Trinajstić information content (AvgIpc) is 2.40. The largest absolute Gasteiger partial charge is 0.324 e. The van der Waals surface area contributed by atoms with E-state index in [4.69, 9.17) is 0 Å². The summed E-state index contributed by atoms with van der Waals surface area (Å²) in [6.45, 7) is 8.35. The molecule has 1 fully saturated rings. The minimum Gasteiger partial charge on any atom is -0.324 e. The van der Waals surface area contributed by atoms with Crippen molar-refractivity contribution in [1.29, 1.82) is 0 Å². The van der Waals surface area contributed by atoms with Gasteiger partial charge in [0.15, 0.2) is 0 Å². The van der Waals surface area contributed by atoms with Crippen molar-refractivity contribution in [2.75, 3.05) is 18.4 Å². The topological polar surface area (TPSA) is 32.3 Å². The summed E-state index contributed by atoms with van der Waals surface area (Å²) in [6, 6.07) is 7.86. The Morgan fingerprint density at radius 1 is 1.42 bits per heavy atom. The lowest BCUT2D eigenvalue weighted by Crippen LogP contribution is -2.46. The number of anilines is 1. The van der Waals surface area contributed by atoms with Gasteiger partial charge < -0.3 is 5.32 Å². The molecule has 1 N–H and O–H groups in total.